The van der Waals surface area contributed by atoms with E-state index in [1.807, 2.05) is 0 Å². The van der Waals surface area contributed by atoms with Crippen LogP contribution in [-0.2, 0) is 14.4 Å². The highest BCUT2D eigenvalue weighted by Crippen LogP contribution is 2.05. The molecule has 0 aromatic heterocycles. The van der Waals surface area contributed by atoms with E-state index in [2.05, 4.69) is 31.7 Å². The number of aldehydes is 1. The standard InChI is InChI=1S/C10H17N2O4PS/c13-5-2-1-3-8(10(15)16)11-9(14)7(12-17)4-6-18/h5,7-8,17-18H,1-4,6H2,(H,11,14)(H,15,16)/t7-,8-/m0/s1. The van der Waals surface area contributed by atoms with Gasteiger partial charge in [0.2, 0.25) is 5.91 Å². The number of carboxylic acids is 1. The van der Waals surface area contributed by atoms with Crippen molar-refractivity contribution in [3.05, 3.63) is 0 Å². The van der Waals surface area contributed by atoms with E-state index in [-0.39, 0.29) is 12.8 Å². The number of rotatable bonds is 10. The number of nitrogens with one attached hydrogen (secondary N) is 1. The van der Waals surface area contributed by atoms with Crippen LogP contribution in [0.1, 0.15) is 25.7 Å². The number of thiol groups is 1. The van der Waals surface area contributed by atoms with Gasteiger partial charge in [-0.1, -0.05) is 0 Å². The largest absolute Gasteiger partial charge is 0.480 e. The molecule has 0 aliphatic rings. The van der Waals surface area contributed by atoms with Crippen LogP contribution in [0, 0.1) is 0 Å². The summed E-state index contributed by atoms with van der Waals surface area (Å²) in [6.07, 6.45) is 2.05. The molecule has 0 rings (SSSR count). The number of nitrogens with zero attached hydrogens (tertiary/aromatic N) is 1. The summed E-state index contributed by atoms with van der Waals surface area (Å²) < 4.78 is 3.68. The van der Waals surface area contributed by atoms with Gasteiger partial charge in [-0.25, -0.2) is 4.79 Å². The van der Waals surface area contributed by atoms with Gasteiger partial charge in [-0.3, -0.25) is 9.54 Å². The van der Waals surface area contributed by atoms with E-state index >= 15 is 0 Å². The van der Waals surface area contributed by atoms with Gasteiger partial charge in [-0.05, 0) is 34.0 Å². The Hall–Kier alpha value is -0.940. The van der Waals surface area contributed by atoms with Gasteiger partial charge in [0, 0.05) is 6.42 Å². The van der Waals surface area contributed by atoms with Crippen LogP contribution >= 0.6 is 21.7 Å². The first-order chi connectivity index (χ1) is 8.56. The van der Waals surface area contributed by atoms with Crippen LogP contribution in [0.5, 0.6) is 0 Å². The molecule has 0 unspecified atom stereocenters. The molecule has 2 N–H and O–H groups in total. The molecule has 0 aliphatic heterocycles. The molecule has 0 aromatic carbocycles. The quantitative estimate of drug-likeness (QED) is 0.242. The van der Waals surface area contributed by atoms with Crippen molar-refractivity contribution in [2.75, 3.05) is 5.75 Å². The normalized spacial score (nSPS) is 13.4. The predicted molar refractivity (Wildman–Crippen MR) is 72.5 cm³/mol. The van der Waals surface area contributed by atoms with E-state index in [0.29, 0.717) is 18.6 Å². The zero-order valence-electron chi connectivity index (χ0n) is 9.83. The lowest BCUT2D eigenvalue weighted by atomic mass is 10.1. The summed E-state index contributed by atoms with van der Waals surface area (Å²) in [7, 11) is 2.89. The fraction of sp³-hybridized carbons (Fsp3) is 0.700. The molecular weight excluding hydrogens is 275 g/mol. The number of hydrogen-bond acceptors (Lipinski definition) is 5. The molecule has 8 heteroatoms. The molecule has 0 saturated carbocycles. The lowest BCUT2D eigenvalue weighted by Crippen LogP contribution is -2.45. The van der Waals surface area contributed by atoms with Crippen LogP contribution in [0.4, 0.5) is 0 Å². The SMILES string of the molecule is O=CCCC[C@H](NC(=O)[C@H](CCS)N=P)C(=O)O. The maximum Gasteiger partial charge on any atom is 0.326 e. The summed E-state index contributed by atoms with van der Waals surface area (Å²) in [5.41, 5.74) is 0. The smallest absolute Gasteiger partial charge is 0.326 e. The number of carbonyl (C=O) groups is 3. The third-order valence-corrected chi connectivity index (χ3v) is 2.86. The van der Waals surface area contributed by atoms with Crippen molar-refractivity contribution >= 4 is 39.8 Å². The predicted octanol–water partition coefficient (Wildman–Crippen LogP) is 0.940. The van der Waals surface area contributed by atoms with E-state index < -0.39 is 24.0 Å². The van der Waals surface area contributed by atoms with E-state index in [0.717, 1.165) is 6.29 Å². The second-order valence-electron chi connectivity index (χ2n) is 3.65. The Balaban J connectivity index is 4.37. The highest BCUT2D eigenvalue weighted by molar-refractivity contribution is 7.80. The van der Waals surface area contributed by atoms with Gasteiger partial charge in [0.15, 0.2) is 0 Å². The van der Waals surface area contributed by atoms with Gasteiger partial charge in [-0.2, -0.15) is 12.6 Å². The Bertz CT molecular complexity index is 314. The Morgan fingerprint density at radius 3 is 2.56 bits per heavy atom. The van der Waals surface area contributed by atoms with Gasteiger partial charge in [0.25, 0.3) is 0 Å². The van der Waals surface area contributed by atoms with E-state index in [1.165, 1.54) is 0 Å². The van der Waals surface area contributed by atoms with Crippen molar-refractivity contribution in [2.24, 2.45) is 4.74 Å². The highest BCUT2D eigenvalue weighted by atomic mass is 32.1. The molecule has 0 spiro atoms. The number of amides is 1. The molecule has 102 valence electrons. The molecule has 18 heavy (non-hydrogen) atoms. The van der Waals surface area contributed by atoms with Gasteiger partial charge >= 0.3 is 5.97 Å². The number of carboxylic acid groups (broad SMARTS) is 1. The average molecular weight is 292 g/mol. The lowest BCUT2D eigenvalue weighted by Gasteiger charge is -2.16. The second-order valence-corrected chi connectivity index (χ2v) is 4.36. The maximum atomic E-state index is 11.7. The van der Waals surface area contributed by atoms with Crippen LogP contribution in [0.3, 0.4) is 0 Å². The third kappa shape index (κ3) is 6.71. The van der Waals surface area contributed by atoms with Crippen LogP contribution in [0.25, 0.3) is 0 Å². The summed E-state index contributed by atoms with van der Waals surface area (Å²) >= 11 is 3.99. The summed E-state index contributed by atoms with van der Waals surface area (Å²) in [4.78, 5) is 32.8. The minimum atomic E-state index is -1.12. The van der Waals surface area contributed by atoms with Crippen molar-refractivity contribution < 1.29 is 19.5 Å². The molecule has 2 atom stereocenters. The first kappa shape index (κ1) is 17.1. The third-order valence-electron chi connectivity index (χ3n) is 2.29. The maximum absolute atomic E-state index is 11.7. The number of unbranched alkanes of at least 4 members (excludes halogenated alkanes) is 1. The van der Waals surface area contributed by atoms with Gasteiger partial charge in [-0.15, -0.1) is 0 Å². The molecule has 0 aromatic rings. The first-order valence-electron chi connectivity index (χ1n) is 5.51. The van der Waals surface area contributed by atoms with E-state index in [1.54, 1.807) is 0 Å². The molecule has 0 radical (unpaired) electrons. The number of aliphatic carboxylic acids is 1. The first-order valence-corrected chi connectivity index (χ1v) is 6.59. The van der Waals surface area contributed by atoms with E-state index in [4.69, 9.17) is 5.11 Å². The van der Waals surface area contributed by atoms with Gasteiger partial charge in [0.1, 0.15) is 18.4 Å². The molecule has 0 bridgehead atoms. The molecule has 0 fully saturated rings. The molecule has 0 aliphatic carbocycles. The van der Waals surface area contributed by atoms with Crippen molar-refractivity contribution in [3.63, 3.8) is 0 Å². The van der Waals surface area contributed by atoms with Gasteiger partial charge in [0.05, 0.1) is 0 Å². The molecule has 1 amide bonds. The molecule has 6 nitrogen and oxygen atoms in total. The van der Waals surface area contributed by atoms with Crippen LogP contribution in [0.2, 0.25) is 0 Å². The molecular formula is C10H17N2O4PS. The van der Waals surface area contributed by atoms with Crippen LogP contribution in [-0.4, -0.2) is 41.1 Å². The van der Waals surface area contributed by atoms with Crippen LogP contribution < -0.4 is 5.32 Å². The number of hydrogen-bond donors (Lipinski definition) is 3. The summed E-state index contributed by atoms with van der Waals surface area (Å²) in [5, 5.41) is 11.3. The fourth-order valence-corrected chi connectivity index (χ4v) is 1.80. The second kappa shape index (κ2) is 10.0. The Labute approximate surface area is 113 Å². The average Bonchev–Trinajstić information content (AvgIpc) is 2.34. The van der Waals surface area contributed by atoms with Gasteiger partial charge < -0.3 is 15.2 Å². The van der Waals surface area contributed by atoms with Crippen molar-refractivity contribution in [3.8, 4) is 0 Å². The van der Waals surface area contributed by atoms with Crippen molar-refractivity contribution in [1.29, 1.82) is 0 Å². The summed E-state index contributed by atoms with van der Waals surface area (Å²) in [5.74, 6) is -1.11. The minimum Gasteiger partial charge on any atom is -0.480 e. The summed E-state index contributed by atoms with van der Waals surface area (Å²) in [6, 6.07) is -1.65. The zero-order chi connectivity index (χ0) is 14.0. The molecule has 0 saturated heterocycles. The Morgan fingerprint density at radius 2 is 2.11 bits per heavy atom. The topological polar surface area (TPSA) is 95.8 Å². The zero-order valence-corrected chi connectivity index (χ0v) is 11.7. The minimum absolute atomic E-state index is 0.217. The number of carbonyl (C=O) groups excluding carboxylic acids is 2. The van der Waals surface area contributed by atoms with Crippen LogP contribution in [0.15, 0.2) is 4.74 Å². The monoisotopic (exact) mass is 292 g/mol. The molecule has 0 heterocycles. The van der Waals surface area contributed by atoms with E-state index in [9.17, 15) is 14.4 Å². The fourth-order valence-electron chi connectivity index (χ4n) is 1.31. The Kier molecular flexibility index (Phi) is 9.50. The Morgan fingerprint density at radius 1 is 1.44 bits per heavy atom. The highest BCUT2D eigenvalue weighted by Gasteiger charge is 2.23. The summed E-state index contributed by atoms with van der Waals surface area (Å²) in [6.45, 7) is 0. The lowest BCUT2D eigenvalue weighted by molar-refractivity contribution is -0.142. The van der Waals surface area contributed by atoms with Crippen molar-refractivity contribution in [2.45, 2.75) is 37.8 Å². The van der Waals surface area contributed by atoms with Crippen molar-refractivity contribution in [1.82, 2.24) is 5.32 Å².